The molecule has 0 atom stereocenters. The van der Waals surface area contributed by atoms with Crippen molar-refractivity contribution in [2.75, 3.05) is 0 Å². The van der Waals surface area contributed by atoms with Crippen LogP contribution in [-0.2, 0) is 5.41 Å². The van der Waals surface area contributed by atoms with Gasteiger partial charge in [0.2, 0.25) is 5.71 Å². The Bertz CT molecular complexity index is 2770. The van der Waals surface area contributed by atoms with Crippen LogP contribution in [-0.4, -0.2) is 9.97 Å². The molecule has 10 rings (SSSR count). The minimum atomic E-state index is -0.0821. The van der Waals surface area contributed by atoms with Crippen molar-refractivity contribution in [2.24, 2.45) is 0 Å². The van der Waals surface area contributed by atoms with E-state index in [1.54, 1.807) is 0 Å². The van der Waals surface area contributed by atoms with Crippen LogP contribution in [0.4, 0.5) is 0 Å². The Morgan fingerprint density at radius 2 is 1.06 bits per heavy atom. The van der Waals surface area contributed by atoms with Gasteiger partial charge in [-0.2, -0.15) is 0 Å². The Kier molecular flexibility index (Phi) is 6.22. The van der Waals surface area contributed by atoms with Gasteiger partial charge in [0.25, 0.3) is 0 Å². The van der Waals surface area contributed by atoms with E-state index in [0.717, 1.165) is 72.0 Å². The third-order valence-corrected chi connectivity index (χ3v) is 10.5. The maximum atomic E-state index is 6.27. The van der Waals surface area contributed by atoms with Gasteiger partial charge in [-0.15, -0.1) is 0 Å². The first kappa shape index (κ1) is 28.7. The molecule has 3 heterocycles. The van der Waals surface area contributed by atoms with E-state index in [-0.39, 0.29) is 5.41 Å². The lowest BCUT2D eigenvalue weighted by molar-refractivity contribution is 0.655. The zero-order chi connectivity index (χ0) is 33.4. The summed E-state index contributed by atoms with van der Waals surface area (Å²) in [6, 6.07) is 56.0. The molecule has 9 aromatic rings. The molecule has 3 nitrogen and oxygen atoms in total. The van der Waals surface area contributed by atoms with Gasteiger partial charge in [0, 0.05) is 32.9 Å². The van der Waals surface area contributed by atoms with Crippen LogP contribution in [0.25, 0.3) is 88.9 Å². The second-order valence-electron chi connectivity index (χ2n) is 13.8. The Hall–Kier alpha value is -6.32. The maximum absolute atomic E-state index is 6.27. The van der Waals surface area contributed by atoms with Crippen LogP contribution in [0.2, 0.25) is 0 Å². The molecule has 6 aromatic carbocycles. The summed E-state index contributed by atoms with van der Waals surface area (Å²) in [5, 5.41) is 4.41. The summed E-state index contributed by atoms with van der Waals surface area (Å²) in [7, 11) is 0. The van der Waals surface area contributed by atoms with E-state index < -0.39 is 0 Å². The van der Waals surface area contributed by atoms with Crippen molar-refractivity contribution < 1.29 is 4.42 Å². The van der Waals surface area contributed by atoms with Crippen molar-refractivity contribution in [3.63, 3.8) is 0 Å². The molecule has 0 radical (unpaired) electrons. The Morgan fingerprint density at radius 3 is 1.88 bits per heavy atom. The lowest BCUT2D eigenvalue weighted by atomic mass is 9.82. The summed E-state index contributed by atoms with van der Waals surface area (Å²) in [5.41, 5.74) is 15.1. The van der Waals surface area contributed by atoms with E-state index in [2.05, 4.69) is 153 Å². The fourth-order valence-corrected chi connectivity index (χ4v) is 7.95. The van der Waals surface area contributed by atoms with Crippen molar-refractivity contribution in [2.45, 2.75) is 19.3 Å². The fourth-order valence-electron chi connectivity index (χ4n) is 7.95. The first-order valence-electron chi connectivity index (χ1n) is 17.2. The zero-order valence-electron chi connectivity index (χ0n) is 27.8. The van der Waals surface area contributed by atoms with E-state index in [1.807, 2.05) is 18.2 Å². The summed E-state index contributed by atoms with van der Waals surface area (Å²) in [6.45, 7) is 4.65. The fraction of sp³-hybridized carbons (Fsp3) is 0.0638. The number of hydrogen-bond donors (Lipinski definition) is 0. The van der Waals surface area contributed by atoms with Crippen LogP contribution >= 0.6 is 0 Å². The normalized spacial score (nSPS) is 13.2. The van der Waals surface area contributed by atoms with Gasteiger partial charge in [-0.3, -0.25) is 0 Å². The zero-order valence-corrected chi connectivity index (χ0v) is 27.8. The quantitative estimate of drug-likeness (QED) is 0.192. The van der Waals surface area contributed by atoms with E-state index in [9.17, 15) is 0 Å². The molecule has 0 bridgehead atoms. The van der Waals surface area contributed by atoms with E-state index >= 15 is 0 Å². The molecule has 0 amide bonds. The van der Waals surface area contributed by atoms with Crippen molar-refractivity contribution in [1.29, 1.82) is 0 Å². The number of fused-ring (bicyclic) bond motifs is 8. The number of hydrogen-bond acceptors (Lipinski definition) is 3. The lowest BCUT2D eigenvalue weighted by Crippen LogP contribution is -2.14. The Balaban J connectivity index is 1.10. The van der Waals surface area contributed by atoms with Gasteiger partial charge in [-0.05, 0) is 63.0 Å². The third kappa shape index (κ3) is 4.37. The maximum Gasteiger partial charge on any atom is 0.228 e. The second kappa shape index (κ2) is 10.8. The molecule has 0 saturated carbocycles. The summed E-state index contributed by atoms with van der Waals surface area (Å²) in [6.07, 6.45) is 0. The van der Waals surface area contributed by atoms with E-state index in [0.29, 0.717) is 5.71 Å². The van der Waals surface area contributed by atoms with Crippen molar-refractivity contribution >= 4 is 32.8 Å². The molecule has 0 spiro atoms. The first-order valence-corrected chi connectivity index (χ1v) is 17.2. The molecule has 50 heavy (non-hydrogen) atoms. The molecule has 3 aromatic heterocycles. The van der Waals surface area contributed by atoms with Gasteiger partial charge in [-0.25, -0.2) is 9.97 Å². The highest BCUT2D eigenvalue weighted by atomic mass is 16.3. The van der Waals surface area contributed by atoms with Crippen molar-refractivity contribution in [3.05, 3.63) is 169 Å². The molecule has 0 saturated heterocycles. The highest BCUT2D eigenvalue weighted by Crippen LogP contribution is 2.49. The van der Waals surface area contributed by atoms with E-state index in [1.165, 1.54) is 22.3 Å². The second-order valence-corrected chi connectivity index (χ2v) is 13.8. The van der Waals surface area contributed by atoms with Gasteiger partial charge in [0.05, 0.1) is 22.5 Å². The predicted octanol–water partition coefficient (Wildman–Crippen LogP) is 12.5. The molecular weight excluding hydrogens is 609 g/mol. The van der Waals surface area contributed by atoms with Gasteiger partial charge in [-0.1, -0.05) is 147 Å². The highest BCUT2D eigenvalue weighted by molar-refractivity contribution is 6.20. The summed E-state index contributed by atoms with van der Waals surface area (Å²) < 4.78 is 6.27. The third-order valence-electron chi connectivity index (χ3n) is 10.5. The summed E-state index contributed by atoms with van der Waals surface area (Å²) >= 11 is 0. The average Bonchev–Trinajstić information content (AvgIpc) is 3.66. The minimum Gasteiger partial charge on any atom is -0.438 e. The largest absolute Gasteiger partial charge is 0.438 e. The van der Waals surface area contributed by atoms with Crippen LogP contribution in [0, 0.1) is 0 Å². The molecule has 3 heteroatoms. The standard InChI is InChI=1S/C47H32N2O/c1-47(2)39-18-10-8-14-34(39)35-25-24-32(26-40(35)47)42-28-33(27-41(48-42)30-12-4-3-5-13-30)29-20-22-31(23-21-29)45-37-16-7-6-15-36(37)44-38-17-9-11-19-43(38)50-46(44)49-45/h3-28H,1-2H3. The number of furan rings is 1. The molecule has 0 N–H and O–H groups in total. The van der Waals surface area contributed by atoms with Gasteiger partial charge >= 0.3 is 0 Å². The molecule has 0 unspecified atom stereocenters. The van der Waals surface area contributed by atoms with E-state index in [4.69, 9.17) is 14.4 Å². The number of nitrogens with zero attached hydrogens (tertiary/aromatic N) is 2. The SMILES string of the molecule is CC1(C)c2ccccc2-c2ccc(-c3cc(-c4ccc(-c5nc6oc7ccccc7c6c6ccccc56)cc4)cc(-c4ccccc4)n3)cc21. The lowest BCUT2D eigenvalue weighted by Gasteiger charge is -2.22. The van der Waals surface area contributed by atoms with Crippen molar-refractivity contribution in [1.82, 2.24) is 9.97 Å². The van der Waals surface area contributed by atoms with Crippen LogP contribution < -0.4 is 0 Å². The summed E-state index contributed by atoms with van der Waals surface area (Å²) in [5.74, 6) is 0. The number of rotatable bonds is 4. The molecule has 0 fully saturated rings. The first-order chi connectivity index (χ1) is 24.5. The van der Waals surface area contributed by atoms with Gasteiger partial charge in [0.15, 0.2) is 0 Å². The minimum absolute atomic E-state index is 0.0821. The smallest absolute Gasteiger partial charge is 0.228 e. The van der Waals surface area contributed by atoms with Crippen LogP contribution in [0.1, 0.15) is 25.0 Å². The van der Waals surface area contributed by atoms with Gasteiger partial charge in [0.1, 0.15) is 5.58 Å². The molecule has 236 valence electrons. The Morgan fingerprint density at radius 1 is 0.440 bits per heavy atom. The molecule has 1 aliphatic carbocycles. The monoisotopic (exact) mass is 640 g/mol. The predicted molar refractivity (Wildman–Crippen MR) is 206 cm³/mol. The number of benzene rings is 6. The number of pyridine rings is 2. The van der Waals surface area contributed by atoms with Crippen LogP contribution in [0.3, 0.4) is 0 Å². The van der Waals surface area contributed by atoms with Crippen LogP contribution in [0.15, 0.2) is 162 Å². The molecular formula is C47H32N2O. The summed E-state index contributed by atoms with van der Waals surface area (Å²) in [4.78, 5) is 10.3. The topological polar surface area (TPSA) is 38.9 Å². The number of para-hydroxylation sites is 1. The van der Waals surface area contributed by atoms with Gasteiger partial charge < -0.3 is 4.42 Å². The average molecular weight is 641 g/mol. The van der Waals surface area contributed by atoms with Crippen molar-refractivity contribution in [3.8, 4) is 56.0 Å². The Labute approximate surface area is 290 Å². The number of aromatic nitrogens is 2. The van der Waals surface area contributed by atoms with Crippen LogP contribution in [0.5, 0.6) is 0 Å². The molecule has 1 aliphatic rings. The molecule has 0 aliphatic heterocycles. The highest BCUT2D eigenvalue weighted by Gasteiger charge is 2.35.